The lowest BCUT2D eigenvalue weighted by atomic mass is 9.84. The van der Waals surface area contributed by atoms with E-state index in [-0.39, 0.29) is 17.0 Å². The van der Waals surface area contributed by atoms with Crippen LogP contribution in [0.25, 0.3) is 20.2 Å². The Hall–Kier alpha value is -3.89. The van der Waals surface area contributed by atoms with E-state index in [9.17, 15) is 14.4 Å². The topological polar surface area (TPSA) is 51.2 Å². The van der Waals surface area contributed by atoms with E-state index in [0.29, 0.717) is 34.1 Å². The summed E-state index contributed by atoms with van der Waals surface area (Å²) in [7, 11) is 0. The molecule has 0 bridgehead atoms. The summed E-state index contributed by atoms with van der Waals surface area (Å²) in [5.74, 6) is 0.724. The summed E-state index contributed by atoms with van der Waals surface area (Å²) in [4.78, 5) is 37.0. The third-order valence-corrected chi connectivity index (χ3v) is 8.09. The molecule has 5 aromatic rings. The van der Waals surface area contributed by atoms with Crippen molar-refractivity contribution in [3.05, 3.63) is 129 Å². The Morgan fingerprint density at radius 3 is 1.54 bits per heavy atom. The lowest BCUT2D eigenvalue weighted by Crippen LogP contribution is -2.20. The van der Waals surface area contributed by atoms with Crippen LogP contribution in [0.4, 0.5) is 0 Å². The maximum Gasteiger partial charge on any atom is 0.195 e. The molecule has 1 aromatic heterocycles. The number of rotatable bonds is 2. The van der Waals surface area contributed by atoms with Gasteiger partial charge in [-0.05, 0) is 41.2 Å². The second kappa shape index (κ2) is 9.87. The van der Waals surface area contributed by atoms with Gasteiger partial charge in [0.15, 0.2) is 17.0 Å². The Morgan fingerprint density at radius 2 is 1.05 bits per heavy atom. The van der Waals surface area contributed by atoms with Gasteiger partial charge in [0.1, 0.15) is 0 Å². The molecular weight excluding hydrogens is 476 g/mol. The van der Waals surface area contributed by atoms with Crippen molar-refractivity contribution in [3.63, 3.8) is 0 Å². The molecule has 0 spiro atoms. The Kier molecular flexibility index (Phi) is 6.61. The van der Waals surface area contributed by atoms with Gasteiger partial charge in [-0.3, -0.25) is 14.4 Å². The zero-order chi connectivity index (χ0) is 26.3. The Balaban J connectivity index is 0.000000157. The molecule has 0 aliphatic heterocycles. The van der Waals surface area contributed by atoms with Crippen molar-refractivity contribution in [2.75, 3.05) is 0 Å². The summed E-state index contributed by atoms with van der Waals surface area (Å²) in [6, 6.07) is 26.2. The summed E-state index contributed by atoms with van der Waals surface area (Å²) in [6.07, 6.45) is 0. The monoisotopic (exact) mass is 504 g/mol. The molecule has 0 unspecified atom stereocenters. The van der Waals surface area contributed by atoms with E-state index in [1.165, 1.54) is 11.1 Å². The molecule has 1 aliphatic rings. The van der Waals surface area contributed by atoms with Gasteiger partial charge in [0.25, 0.3) is 0 Å². The largest absolute Gasteiger partial charge is 0.289 e. The van der Waals surface area contributed by atoms with Gasteiger partial charge in [-0.15, -0.1) is 11.3 Å². The van der Waals surface area contributed by atoms with Gasteiger partial charge in [0.2, 0.25) is 0 Å². The third kappa shape index (κ3) is 4.42. The first-order valence-corrected chi connectivity index (χ1v) is 13.4. The van der Waals surface area contributed by atoms with Crippen LogP contribution in [0.3, 0.4) is 0 Å². The highest BCUT2D eigenvalue weighted by Gasteiger charge is 2.28. The van der Waals surface area contributed by atoms with Gasteiger partial charge in [-0.2, -0.15) is 0 Å². The van der Waals surface area contributed by atoms with E-state index in [1.54, 1.807) is 59.9 Å². The highest BCUT2D eigenvalue weighted by atomic mass is 32.1. The first kappa shape index (κ1) is 24.8. The molecule has 3 nitrogen and oxygen atoms in total. The number of hydrogen-bond donors (Lipinski definition) is 0. The number of hydrogen-bond acceptors (Lipinski definition) is 4. The van der Waals surface area contributed by atoms with Crippen LogP contribution in [-0.2, 0) is 0 Å². The molecule has 0 atom stereocenters. The highest BCUT2D eigenvalue weighted by molar-refractivity contribution is 7.24. The fraction of sp³-hybridized carbons (Fsp3) is 0.182. The smallest absolute Gasteiger partial charge is 0.195 e. The standard InChI is InChI=1S/C19H20OS.C14H8O2/c1-11(2)13-9-15(12(3)4)19-16(10-13)18(20)14-7-5-6-8-17(14)21-19;15-13-9-5-1-2-6-10(9)14(16)12-8-4-3-7-11(12)13/h5-12H,1-4H3;1-8H. The van der Waals surface area contributed by atoms with Crippen LogP contribution >= 0.6 is 11.3 Å². The maximum atomic E-state index is 12.8. The normalized spacial score (nSPS) is 12.5. The third-order valence-electron chi connectivity index (χ3n) is 6.85. The minimum absolute atomic E-state index is 0.0641. The molecule has 0 fully saturated rings. The highest BCUT2D eigenvalue weighted by Crippen LogP contribution is 2.34. The van der Waals surface area contributed by atoms with Crippen LogP contribution < -0.4 is 5.43 Å². The fourth-order valence-electron chi connectivity index (χ4n) is 4.77. The summed E-state index contributed by atoms with van der Waals surface area (Å²) in [6.45, 7) is 8.76. The van der Waals surface area contributed by atoms with E-state index >= 15 is 0 Å². The van der Waals surface area contributed by atoms with Gasteiger partial charge in [-0.25, -0.2) is 0 Å². The minimum Gasteiger partial charge on any atom is -0.289 e. The van der Waals surface area contributed by atoms with E-state index in [1.807, 2.05) is 24.3 Å². The Labute approximate surface area is 220 Å². The summed E-state index contributed by atoms with van der Waals surface area (Å²) >= 11 is 1.74. The summed E-state index contributed by atoms with van der Waals surface area (Å²) in [5.41, 5.74) is 4.74. The van der Waals surface area contributed by atoms with Crippen LogP contribution in [0.15, 0.2) is 89.7 Å². The second-order valence-corrected chi connectivity index (χ2v) is 11.0. The van der Waals surface area contributed by atoms with Crippen molar-refractivity contribution in [2.45, 2.75) is 39.5 Å². The quantitative estimate of drug-likeness (QED) is 0.224. The average Bonchev–Trinajstić information content (AvgIpc) is 2.91. The molecule has 4 heteroatoms. The zero-order valence-electron chi connectivity index (χ0n) is 21.4. The van der Waals surface area contributed by atoms with Crippen molar-refractivity contribution in [3.8, 4) is 0 Å². The molecule has 0 amide bonds. The molecule has 0 N–H and O–H groups in total. The van der Waals surface area contributed by atoms with Crippen LogP contribution in [0.1, 0.15) is 82.5 Å². The van der Waals surface area contributed by atoms with E-state index in [4.69, 9.17) is 0 Å². The van der Waals surface area contributed by atoms with Crippen LogP contribution in [-0.4, -0.2) is 11.6 Å². The van der Waals surface area contributed by atoms with Crippen molar-refractivity contribution in [1.29, 1.82) is 0 Å². The Bertz CT molecular complexity index is 1640. The summed E-state index contributed by atoms with van der Waals surface area (Å²) < 4.78 is 2.23. The van der Waals surface area contributed by atoms with Crippen molar-refractivity contribution >= 4 is 43.1 Å². The van der Waals surface area contributed by atoms with E-state index in [2.05, 4.69) is 39.8 Å². The fourth-order valence-corrected chi connectivity index (χ4v) is 6.08. The molecule has 0 radical (unpaired) electrons. The zero-order valence-corrected chi connectivity index (χ0v) is 22.2. The summed E-state index contributed by atoms with van der Waals surface area (Å²) in [5, 5.41) is 1.72. The van der Waals surface area contributed by atoms with Crippen molar-refractivity contribution < 1.29 is 9.59 Å². The molecule has 1 heterocycles. The maximum absolute atomic E-state index is 12.8. The second-order valence-electron chi connectivity index (χ2n) is 9.97. The number of carbonyl (C=O) groups is 2. The average molecular weight is 505 g/mol. The van der Waals surface area contributed by atoms with Gasteiger partial charge >= 0.3 is 0 Å². The molecule has 0 saturated carbocycles. The first-order valence-electron chi connectivity index (χ1n) is 12.5. The SMILES string of the molecule is CC(C)c1cc(C(C)C)c2sc3ccccc3c(=O)c2c1.O=C1c2ccccc2C(=O)c2ccccc21. The molecular formula is C33H28O3S. The van der Waals surface area contributed by atoms with Crippen molar-refractivity contribution in [2.24, 2.45) is 0 Å². The molecule has 4 aromatic carbocycles. The minimum atomic E-state index is -0.0641. The van der Waals surface area contributed by atoms with Gasteiger partial charge in [0.05, 0.1) is 0 Å². The Morgan fingerprint density at radius 1 is 0.568 bits per heavy atom. The lowest BCUT2D eigenvalue weighted by Gasteiger charge is -2.16. The number of ketones is 2. The number of carbonyl (C=O) groups excluding carboxylic acids is 2. The predicted molar refractivity (Wildman–Crippen MR) is 154 cm³/mol. The molecule has 6 rings (SSSR count). The van der Waals surface area contributed by atoms with E-state index < -0.39 is 0 Å². The molecule has 184 valence electrons. The van der Waals surface area contributed by atoms with Gasteiger partial charge in [0, 0.05) is 42.4 Å². The molecule has 1 aliphatic carbocycles. The van der Waals surface area contributed by atoms with Crippen LogP contribution in [0.2, 0.25) is 0 Å². The predicted octanol–water partition coefficient (Wildman–Crippen LogP) is 8.12. The lowest BCUT2D eigenvalue weighted by molar-refractivity contribution is 0.0979. The van der Waals surface area contributed by atoms with Gasteiger partial charge < -0.3 is 0 Å². The molecule has 0 saturated heterocycles. The van der Waals surface area contributed by atoms with Gasteiger partial charge in [-0.1, -0.05) is 94.4 Å². The van der Waals surface area contributed by atoms with Crippen molar-refractivity contribution in [1.82, 2.24) is 0 Å². The first-order chi connectivity index (χ1) is 17.8. The number of fused-ring (bicyclic) bond motifs is 4. The number of benzene rings is 4. The molecule has 37 heavy (non-hydrogen) atoms. The van der Waals surface area contributed by atoms with E-state index in [0.717, 1.165) is 20.2 Å². The van der Waals surface area contributed by atoms with Crippen LogP contribution in [0.5, 0.6) is 0 Å². The van der Waals surface area contributed by atoms with Crippen LogP contribution in [0, 0.1) is 0 Å².